The van der Waals surface area contributed by atoms with Gasteiger partial charge < -0.3 is 9.66 Å². The number of rotatable bonds is 1. The lowest BCUT2D eigenvalue weighted by Gasteiger charge is -2.42. The van der Waals surface area contributed by atoms with Crippen molar-refractivity contribution in [3.05, 3.63) is 11.8 Å². The van der Waals surface area contributed by atoms with Crippen LogP contribution in [-0.4, -0.2) is 37.6 Å². The summed E-state index contributed by atoms with van der Waals surface area (Å²) in [5.74, 6) is -1.16. The first-order chi connectivity index (χ1) is 6.11. The third-order valence-corrected chi connectivity index (χ3v) is 3.61. The lowest BCUT2D eigenvalue weighted by atomic mass is 10.1. The summed E-state index contributed by atoms with van der Waals surface area (Å²) < 4.78 is 11.2. The van der Waals surface area contributed by atoms with Crippen molar-refractivity contribution in [3.8, 4) is 0 Å². The molecule has 1 unspecified atom stereocenters. The summed E-state index contributed by atoms with van der Waals surface area (Å²) in [6, 6.07) is 0. The molecule has 1 fully saturated rings. The van der Waals surface area contributed by atoms with E-state index in [1.807, 2.05) is 0 Å². The Hall–Kier alpha value is -1.01. The maximum atomic E-state index is 11.2. The average Bonchev–Trinajstić information content (AvgIpc) is 2.05. The molecule has 13 heavy (non-hydrogen) atoms. The molecule has 2 aliphatic rings. The minimum atomic E-state index is -1.13. The first-order valence-corrected chi connectivity index (χ1v) is 5.12. The van der Waals surface area contributed by atoms with E-state index in [1.165, 1.54) is 6.08 Å². The van der Waals surface area contributed by atoms with Crippen LogP contribution >= 0.6 is 0 Å². The Kier molecular flexibility index (Phi) is 1.81. The number of β-lactam (4-membered cyclic amide) rings is 1. The maximum Gasteiger partial charge on any atom is 0.352 e. The van der Waals surface area contributed by atoms with Crippen LogP contribution in [0.25, 0.3) is 0 Å². The highest BCUT2D eigenvalue weighted by Crippen LogP contribution is 2.32. The van der Waals surface area contributed by atoms with Crippen LogP contribution in [0.2, 0.25) is 0 Å². The maximum absolute atomic E-state index is 11.2. The number of carboxylic acid groups (broad SMARTS) is 1. The third kappa shape index (κ3) is 1.13. The Morgan fingerprint density at radius 1 is 1.77 bits per heavy atom. The highest BCUT2D eigenvalue weighted by Gasteiger charge is 2.50. The fraction of sp³-hybridized carbons (Fsp3) is 0.429. The van der Waals surface area contributed by atoms with Gasteiger partial charge in [0.2, 0.25) is 11.3 Å². The van der Waals surface area contributed by atoms with Crippen molar-refractivity contribution in [1.82, 2.24) is 4.90 Å². The molecule has 2 heterocycles. The van der Waals surface area contributed by atoms with Gasteiger partial charge in [0.25, 0.3) is 0 Å². The molecule has 1 amide bonds. The number of amides is 1. The van der Waals surface area contributed by atoms with E-state index in [1.54, 1.807) is 0 Å². The van der Waals surface area contributed by atoms with Crippen molar-refractivity contribution in [2.75, 3.05) is 5.75 Å². The van der Waals surface area contributed by atoms with Gasteiger partial charge in [-0.25, -0.2) is 4.79 Å². The average molecular weight is 201 g/mol. The molecule has 0 radical (unpaired) electrons. The molecule has 70 valence electrons. The normalized spacial score (nSPS) is 31.9. The van der Waals surface area contributed by atoms with Crippen molar-refractivity contribution in [3.63, 3.8) is 0 Å². The zero-order valence-corrected chi connectivity index (χ0v) is 7.41. The Bertz CT molecular complexity index is 314. The van der Waals surface area contributed by atoms with Gasteiger partial charge in [-0.2, -0.15) is 0 Å². The largest absolute Gasteiger partial charge is 0.614 e. The van der Waals surface area contributed by atoms with Gasteiger partial charge in [0, 0.05) is 0 Å². The smallest absolute Gasteiger partial charge is 0.352 e. The quantitative estimate of drug-likeness (QED) is 0.448. The van der Waals surface area contributed by atoms with Gasteiger partial charge in [-0.3, -0.25) is 9.69 Å². The first kappa shape index (κ1) is 8.58. The number of carbonyl (C=O) groups is 2. The van der Waals surface area contributed by atoms with Crippen molar-refractivity contribution < 1.29 is 19.2 Å². The Morgan fingerprint density at radius 3 is 3.00 bits per heavy atom. The van der Waals surface area contributed by atoms with E-state index in [0.717, 1.165) is 4.90 Å². The standard InChI is InChI=1S/C7H7NO4S/c9-5-3-6-8(5)4(7(10)11)1-2-13(6)12/h1,6H,2-3H2,(H,10,11)/t6-,13?/m1/s1. The minimum absolute atomic E-state index is 0.0270. The summed E-state index contributed by atoms with van der Waals surface area (Å²) in [7, 11) is 0. The number of carboxylic acids is 1. The predicted molar refractivity (Wildman–Crippen MR) is 44.0 cm³/mol. The fourth-order valence-electron chi connectivity index (χ4n) is 1.45. The van der Waals surface area contributed by atoms with E-state index in [-0.39, 0.29) is 23.8 Å². The van der Waals surface area contributed by atoms with Crippen LogP contribution in [0.3, 0.4) is 0 Å². The van der Waals surface area contributed by atoms with E-state index >= 15 is 0 Å². The Balaban J connectivity index is 2.29. The molecule has 0 bridgehead atoms. The van der Waals surface area contributed by atoms with Crippen molar-refractivity contribution in [1.29, 1.82) is 0 Å². The molecule has 0 spiro atoms. The summed E-state index contributed by atoms with van der Waals surface area (Å²) >= 11 is -1.12. The van der Waals surface area contributed by atoms with Crippen LogP contribution in [0, 0.1) is 0 Å². The third-order valence-electron chi connectivity index (χ3n) is 2.13. The van der Waals surface area contributed by atoms with Crippen LogP contribution in [0.1, 0.15) is 6.42 Å². The first-order valence-electron chi connectivity index (χ1n) is 3.74. The topological polar surface area (TPSA) is 80.7 Å². The minimum Gasteiger partial charge on any atom is -0.614 e. The van der Waals surface area contributed by atoms with Crippen LogP contribution in [0.5, 0.6) is 0 Å². The van der Waals surface area contributed by atoms with Gasteiger partial charge in [-0.1, -0.05) is 0 Å². The molecular formula is C7H7NO4S. The number of hydrogen-bond acceptors (Lipinski definition) is 3. The molecule has 0 aromatic carbocycles. The van der Waals surface area contributed by atoms with Crippen molar-refractivity contribution in [2.24, 2.45) is 0 Å². The lowest BCUT2D eigenvalue weighted by Crippen LogP contribution is -2.59. The summed E-state index contributed by atoms with van der Waals surface area (Å²) in [5.41, 5.74) is -0.0270. The van der Waals surface area contributed by atoms with Gasteiger partial charge in [0.1, 0.15) is 11.4 Å². The molecular weight excluding hydrogens is 194 g/mol. The SMILES string of the molecule is O=C(O)C1=CC[S+]([O-])[C@@H]2CC(=O)N12. The molecule has 2 atom stereocenters. The zero-order chi connectivity index (χ0) is 9.59. The van der Waals surface area contributed by atoms with Crippen LogP contribution in [0.4, 0.5) is 0 Å². The second-order valence-corrected chi connectivity index (χ2v) is 4.50. The summed E-state index contributed by atoms with van der Waals surface area (Å²) in [4.78, 5) is 22.8. The molecule has 0 aliphatic carbocycles. The number of hydrogen-bond donors (Lipinski definition) is 1. The molecule has 6 heteroatoms. The molecule has 0 saturated carbocycles. The second-order valence-electron chi connectivity index (χ2n) is 2.86. The highest BCUT2D eigenvalue weighted by atomic mass is 32.2. The second kappa shape index (κ2) is 2.74. The lowest BCUT2D eigenvalue weighted by molar-refractivity contribution is -0.146. The van der Waals surface area contributed by atoms with E-state index in [4.69, 9.17) is 5.11 Å². The number of aliphatic carboxylic acids is 1. The summed E-state index contributed by atoms with van der Waals surface area (Å²) in [5, 5.41) is 8.30. The van der Waals surface area contributed by atoms with Gasteiger partial charge in [-0.05, 0) is 17.3 Å². The van der Waals surface area contributed by atoms with Crippen LogP contribution < -0.4 is 0 Å². The van der Waals surface area contributed by atoms with Gasteiger partial charge in [-0.15, -0.1) is 0 Å². The van der Waals surface area contributed by atoms with Gasteiger partial charge >= 0.3 is 5.97 Å². The number of nitrogens with zero attached hydrogens (tertiary/aromatic N) is 1. The van der Waals surface area contributed by atoms with E-state index in [0.29, 0.717) is 0 Å². The van der Waals surface area contributed by atoms with Crippen molar-refractivity contribution >= 4 is 23.1 Å². The predicted octanol–water partition coefficient (Wildman–Crippen LogP) is -0.724. The van der Waals surface area contributed by atoms with Gasteiger partial charge in [0.05, 0.1) is 6.42 Å². The van der Waals surface area contributed by atoms with Crippen LogP contribution in [-0.2, 0) is 20.8 Å². The molecule has 2 rings (SSSR count). The molecule has 0 aromatic heterocycles. The molecule has 5 nitrogen and oxygen atoms in total. The van der Waals surface area contributed by atoms with Gasteiger partial charge in [0.15, 0.2) is 0 Å². The van der Waals surface area contributed by atoms with E-state index < -0.39 is 22.5 Å². The molecule has 1 N–H and O–H groups in total. The highest BCUT2D eigenvalue weighted by molar-refractivity contribution is 7.92. The van der Waals surface area contributed by atoms with Crippen LogP contribution in [0.15, 0.2) is 11.8 Å². The van der Waals surface area contributed by atoms with Crippen molar-refractivity contribution in [2.45, 2.75) is 11.8 Å². The summed E-state index contributed by atoms with van der Waals surface area (Å²) in [6.07, 6.45) is 1.54. The molecule has 1 saturated heterocycles. The summed E-state index contributed by atoms with van der Waals surface area (Å²) in [6.45, 7) is 0. The zero-order valence-electron chi connectivity index (χ0n) is 6.60. The number of fused-ring (bicyclic) bond motifs is 1. The monoisotopic (exact) mass is 201 g/mol. The van der Waals surface area contributed by atoms with E-state index in [2.05, 4.69) is 0 Å². The van der Waals surface area contributed by atoms with E-state index in [9.17, 15) is 14.1 Å². The fourth-order valence-corrected chi connectivity index (χ4v) is 2.79. The Morgan fingerprint density at radius 2 is 2.46 bits per heavy atom. The Labute approximate surface area is 77.2 Å². The molecule has 2 aliphatic heterocycles. The number of carbonyl (C=O) groups excluding carboxylic acids is 1. The molecule has 0 aromatic rings.